The topological polar surface area (TPSA) is 165 Å². The molecule has 1 aromatic carbocycles. The van der Waals surface area contributed by atoms with Crippen molar-refractivity contribution in [2.24, 2.45) is 11.3 Å². The van der Waals surface area contributed by atoms with E-state index in [0.717, 1.165) is 31.2 Å². The van der Waals surface area contributed by atoms with Gasteiger partial charge in [-0.15, -0.1) is 6.58 Å². The number of pyridine rings is 1. The van der Waals surface area contributed by atoms with Crippen LogP contribution in [0, 0.1) is 18.3 Å². The van der Waals surface area contributed by atoms with Crippen LogP contribution in [0.3, 0.4) is 0 Å². The van der Waals surface area contributed by atoms with Crippen LogP contribution in [0.1, 0.15) is 75.3 Å². The predicted molar refractivity (Wildman–Crippen MR) is 194 cm³/mol. The third-order valence-corrected chi connectivity index (χ3v) is 10.6. The molecule has 1 saturated heterocycles. The minimum absolute atomic E-state index is 0.00773. The van der Waals surface area contributed by atoms with Gasteiger partial charge in [-0.3, -0.25) is 14.4 Å². The first kappa shape index (κ1) is 38.0. The first-order valence-electron chi connectivity index (χ1n) is 17.3. The highest BCUT2D eigenvalue weighted by Crippen LogP contribution is 2.46. The lowest BCUT2D eigenvalue weighted by Gasteiger charge is -2.35. The van der Waals surface area contributed by atoms with Gasteiger partial charge in [0.25, 0.3) is 0 Å². The van der Waals surface area contributed by atoms with Gasteiger partial charge in [0, 0.05) is 35.9 Å². The summed E-state index contributed by atoms with van der Waals surface area (Å²) in [7, 11) is 2.81. The molecule has 0 unspecified atom stereocenters. The summed E-state index contributed by atoms with van der Waals surface area (Å²) in [5.41, 5.74) is -0.540. The molecule has 2 saturated carbocycles. The smallest absolute Gasteiger partial charge is 0.332 e. The number of Topliss-reactive ketones (excluding diaryl/α,β-unsaturated/α-hetero) is 1. The molecule has 2 aromatic rings. The molecule has 0 spiro atoms. The van der Waals surface area contributed by atoms with E-state index in [4.69, 9.17) is 14.2 Å². The second kappa shape index (κ2) is 15.2. The number of nitrogens with one attached hydrogen (secondary N) is 3. The summed E-state index contributed by atoms with van der Waals surface area (Å²) >= 11 is 3.22. The van der Waals surface area contributed by atoms with Crippen LogP contribution in [-0.4, -0.2) is 95.3 Å². The summed E-state index contributed by atoms with van der Waals surface area (Å²) in [6.07, 6.45) is 5.09. The van der Waals surface area contributed by atoms with Gasteiger partial charge in [0.1, 0.15) is 40.9 Å². The van der Waals surface area contributed by atoms with Gasteiger partial charge < -0.3 is 35.1 Å². The molecule has 14 heteroatoms. The Morgan fingerprint density at radius 3 is 2.41 bits per heavy atom. The fourth-order valence-corrected chi connectivity index (χ4v) is 7.43. The number of ketones is 1. The lowest BCUT2D eigenvalue weighted by atomic mass is 9.85. The zero-order valence-electron chi connectivity index (χ0n) is 30.1. The fourth-order valence-electron chi connectivity index (χ4n) is 7.14. The van der Waals surface area contributed by atoms with Crippen LogP contribution in [0.2, 0.25) is 0 Å². The molecule has 5 rings (SSSR count). The monoisotopic (exact) mass is 769 g/mol. The standard InChI is InChI=1S/C37H48BrN5O8/c1-8-21-17-37(21,34(47)50-7)42-32(45)27-14-23(19-43(27)33(46)31(36(3,4)5)41-35(48)39-22-11-9-10-12-22)51-30-16-26(28(44)18-38)40-25-15-29(49-6)20(2)13-24(25)30/h8,13,15-16,21-23,27,31H,1,9-12,14,17-19H2,2-7H3,(H,42,45)(H2,39,41,48)/t21-,23-,27+,31+,37-/m1/s1. The summed E-state index contributed by atoms with van der Waals surface area (Å²) in [4.78, 5) is 73.5. The maximum atomic E-state index is 14.5. The van der Waals surface area contributed by atoms with Crippen LogP contribution in [0.15, 0.2) is 30.9 Å². The van der Waals surface area contributed by atoms with E-state index in [1.54, 1.807) is 25.3 Å². The number of methoxy groups -OCH3 is 2. The van der Waals surface area contributed by atoms with Crippen LogP contribution in [0.25, 0.3) is 10.9 Å². The number of urea groups is 1. The van der Waals surface area contributed by atoms with Crippen molar-refractivity contribution in [2.75, 3.05) is 26.1 Å². The number of halogens is 1. The van der Waals surface area contributed by atoms with E-state index < -0.39 is 53.0 Å². The summed E-state index contributed by atoms with van der Waals surface area (Å²) < 4.78 is 17.1. The molecule has 13 nitrogen and oxygen atoms in total. The highest BCUT2D eigenvalue weighted by atomic mass is 79.9. The zero-order chi connectivity index (χ0) is 37.2. The Kier molecular flexibility index (Phi) is 11.3. The quantitative estimate of drug-likeness (QED) is 0.123. The molecule has 51 heavy (non-hydrogen) atoms. The number of likely N-dealkylation sites (tertiary alicyclic amines) is 1. The van der Waals surface area contributed by atoms with Gasteiger partial charge in [-0.25, -0.2) is 14.6 Å². The van der Waals surface area contributed by atoms with E-state index in [9.17, 15) is 24.0 Å². The Hall–Kier alpha value is -4.20. The molecule has 3 N–H and O–H groups in total. The predicted octanol–water partition coefficient (Wildman–Crippen LogP) is 4.37. The minimum atomic E-state index is -1.28. The Balaban J connectivity index is 1.49. The number of alkyl halides is 1. The second-order valence-electron chi connectivity index (χ2n) is 14.8. The number of hydrogen-bond acceptors (Lipinski definition) is 9. The first-order chi connectivity index (χ1) is 24.1. The highest BCUT2D eigenvalue weighted by molar-refractivity contribution is 9.09. The van der Waals surface area contributed by atoms with E-state index in [-0.39, 0.29) is 41.7 Å². The van der Waals surface area contributed by atoms with Crippen LogP contribution < -0.4 is 25.4 Å². The normalized spacial score (nSPS) is 23.7. The number of carbonyl (C=O) groups excluding carboxylic acids is 5. The molecule has 4 amide bonds. The molecule has 5 atom stereocenters. The number of ether oxygens (including phenoxy) is 3. The number of rotatable bonds is 12. The molecule has 1 aromatic heterocycles. The van der Waals surface area contributed by atoms with Crippen molar-refractivity contribution in [2.45, 2.75) is 96.0 Å². The van der Waals surface area contributed by atoms with Gasteiger partial charge in [0.05, 0.1) is 31.6 Å². The summed E-state index contributed by atoms with van der Waals surface area (Å²) in [5, 5.41) is 9.42. The van der Waals surface area contributed by atoms with Crippen molar-refractivity contribution in [1.82, 2.24) is 25.8 Å². The molecule has 0 radical (unpaired) electrons. The molecule has 2 heterocycles. The number of fused-ring (bicyclic) bond motifs is 1. The average Bonchev–Trinajstić information content (AvgIpc) is 3.36. The second-order valence-corrected chi connectivity index (χ2v) is 15.3. The molecule has 276 valence electrons. The van der Waals surface area contributed by atoms with E-state index in [1.165, 1.54) is 12.0 Å². The molecule has 3 fully saturated rings. The average molecular weight is 771 g/mol. The van der Waals surface area contributed by atoms with Crippen LogP contribution >= 0.6 is 15.9 Å². The number of hydrogen-bond donors (Lipinski definition) is 3. The summed E-state index contributed by atoms with van der Waals surface area (Å²) in [6.45, 7) is 11.2. The number of carbonyl (C=O) groups is 5. The molecule has 2 aliphatic carbocycles. The minimum Gasteiger partial charge on any atom is -0.496 e. The van der Waals surface area contributed by atoms with Gasteiger partial charge in [0.15, 0.2) is 5.78 Å². The summed E-state index contributed by atoms with van der Waals surface area (Å²) in [6, 6.07) is 2.69. The van der Waals surface area contributed by atoms with Crippen LogP contribution in [0.4, 0.5) is 4.79 Å². The number of benzene rings is 1. The van der Waals surface area contributed by atoms with Crippen LogP contribution in [-0.2, 0) is 19.1 Å². The van der Waals surface area contributed by atoms with Crippen molar-refractivity contribution in [3.63, 3.8) is 0 Å². The van der Waals surface area contributed by atoms with E-state index in [1.807, 2.05) is 33.8 Å². The van der Waals surface area contributed by atoms with Crippen molar-refractivity contribution >= 4 is 56.4 Å². The van der Waals surface area contributed by atoms with Crippen molar-refractivity contribution < 1.29 is 38.2 Å². The third kappa shape index (κ3) is 8.00. The van der Waals surface area contributed by atoms with Crippen LogP contribution in [0.5, 0.6) is 11.5 Å². The summed E-state index contributed by atoms with van der Waals surface area (Å²) in [5.74, 6) is -1.25. The lowest BCUT2D eigenvalue weighted by molar-refractivity contribution is -0.148. The number of esters is 1. The van der Waals surface area contributed by atoms with Gasteiger partial charge in [-0.05, 0) is 43.2 Å². The first-order valence-corrected chi connectivity index (χ1v) is 18.4. The van der Waals surface area contributed by atoms with Gasteiger partial charge in [-0.1, -0.05) is 55.6 Å². The molecular formula is C37H48BrN5O8. The van der Waals surface area contributed by atoms with Crippen molar-refractivity contribution in [3.8, 4) is 11.5 Å². The molecule has 0 bridgehead atoms. The number of aryl methyl sites for hydroxylation is 1. The Bertz CT molecular complexity index is 1720. The number of amides is 4. The number of nitrogens with zero attached hydrogens (tertiary/aromatic N) is 2. The molecular weight excluding hydrogens is 722 g/mol. The Labute approximate surface area is 306 Å². The SMILES string of the molecule is C=C[C@@H]1C[C@]1(NC(=O)[C@@H]1C[C@@H](Oc2cc(C(=O)CBr)nc3cc(OC)c(C)cc23)CN1C(=O)[C@H](NC(=O)NC1CCCC1)C(C)(C)C)C(=O)OC. The van der Waals surface area contributed by atoms with Gasteiger partial charge >= 0.3 is 12.0 Å². The van der Waals surface area contributed by atoms with E-state index in [2.05, 4.69) is 43.4 Å². The largest absolute Gasteiger partial charge is 0.496 e. The molecule has 3 aliphatic rings. The Morgan fingerprint density at radius 1 is 1.12 bits per heavy atom. The van der Waals surface area contributed by atoms with E-state index in [0.29, 0.717) is 28.8 Å². The maximum Gasteiger partial charge on any atom is 0.332 e. The zero-order valence-corrected chi connectivity index (χ0v) is 31.7. The molecule has 1 aliphatic heterocycles. The highest BCUT2D eigenvalue weighted by Gasteiger charge is 2.62. The van der Waals surface area contributed by atoms with Gasteiger partial charge in [0.2, 0.25) is 11.8 Å². The van der Waals surface area contributed by atoms with Crippen molar-refractivity contribution in [3.05, 3.63) is 42.1 Å². The lowest BCUT2D eigenvalue weighted by Crippen LogP contribution is -2.60. The van der Waals surface area contributed by atoms with Crippen molar-refractivity contribution in [1.29, 1.82) is 0 Å². The maximum absolute atomic E-state index is 14.5. The fraction of sp³-hybridized carbons (Fsp3) is 0.568. The van der Waals surface area contributed by atoms with Gasteiger partial charge in [-0.2, -0.15) is 0 Å². The Morgan fingerprint density at radius 2 is 1.82 bits per heavy atom. The number of aromatic nitrogens is 1. The third-order valence-electron chi connectivity index (χ3n) is 10.1. The van der Waals surface area contributed by atoms with E-state index >= 15 is 0 Å².